The van der Waals surface area contributed by atoms with E-state index >= 15 is 0 Å². The third kappa shape index (κ3) is 3.44. The third-order valence-corrected chi connectivity index (χ3v) is 3.56. The van der Waals surface area contributed by atoms with Crippen LogP contribution in [0.3, 0.4) is 0 Å². The first kappa shape index (κ1) is 15.1. The van der Waals surface area contributed by atoms with Crippen molar-refractivity contribution in [2.75, 3.05) is 18.5 Å². The predicted octanol–water partition coefficient (Wildman–Crippen LogP) is 1.50. The van der Waals surface area contributed by atoms with Crippen LogP contribution in [0.5, 0.6) is 11.5 Å². The first-order valence-corrected chi connectivity index (χ1v) is 7.21. The molecule has 114 valence electrons. The van der Waals surface area contributed by atoms with Crippen molar-refractivity contribution in [3.8, 4) is 11.5 Å². The molecule has 0 saturated heterocycles. The first-order valence-electron chi connectivity index (χ1n) is 5.81. The molecule has 0 bridgehead atoms. The third-order valence-electron chi connectivity index (χ3n) is 2.72. The molecule has 8 nitrogen and oxygen atoms in total. The molecule has 0 aliphatic rings. The van der Waals surface area contributed by atoms with Gasteiger partial charge in [0.1, 0.15) is 17.8 Å². The summed E-state index contributed by atoms with van der Waals surface area (Å²) in [5, 5.41) is 0. The minimum Gasteiger partial charge on any atom is -0.497 e. The molecule has 0 aliphatic heterocycles. The second-order valence-corrected chi connectivity index (χ2v) is 5.31. The number of anilines is 1. The Morgan fingerprint density at radius 3 is 2.62 bits per heavy atom. The highest BCUT2D eigenvalue weighted by molar-refractivity contribution is 7.87. The summed E-state index contributed by atoms with van der Waals surface area (Å²) in [6, 6.07) is 4.64. The Bertz CT molecular complexity index is 699. The van der Waals surface area contributed by atoms with Gasteiger partial charge in [0.2, 0.25) is 0 Å². The predicted molar refractivity (Wildman–Crippen MR) is 73.8 cm³/mol. The molecular formula is C12H14N2O6S. The molecule has 0 saturated carbocycles. The minimum absolute atomic E-state index is 0.202. The lowest BCUT2D eigenvalue weighted by Gasteiger charge is -2.18. The fraction of sp³-hybridized carbons (Fsp3) is 0.250. The highest BCUT2D eigenvalue weighted by Crippen LogP contribution is 2.28. The number of aromatic nitrogens is 1. The molecule has 1 aromatic carbocycles. The van der Waals surface area contributed by atoms with Gasteiger partial charge in [-0.05, 0) is 12.1 Å². The summed E-state index contributed by atoms with van der Waals surface area (Å²) < 4.78 is 48.0. The Kier molecular flexibility index (Phi) is 4.34. The van der Waals surface area contributed by atoms with E-state index in [-0.39, 0.29) is 12.6 Å². The molecule has 1 N–H and O–H groups in total. The van der Waals surface area contributed by atoms with Gasteiger partial charge in [0.15, 0.2) is 0 Å². The first-order chi connectivity index (χ1) is 9.95. The Labute approximate surface area is 121 Å². The number of methoxy groups -OCH3 is 2. The topological polar surface area (TPSA) is 102 Å². The summed E-state index contributed by atoms with van der Waals surface area (Å²) in [7, 11) is -1.59. The SMILES string of the molecule is COc1ccc(CN(c2ncco2)S(=O)(=O)O)c(OC)c1. The molecular weight excluding hydrogens is 300 g/mol. The van der Waals surface area contributed by atoms with Gasteiger partial charge >= 0.3 is 16.3 Å². The van der Waals surface area contributed by atoms with Crippen molar-refractivity contribution in [1.29, 1.82) is 0 Å². The van der Waals surface area contributed by atoms with Crippen molar-refractivity contribution < 1.29 is 26.9 Å². The Hall–Kier alpha value is -2.26. The van der Waals surface area contributed by atoms with E-state index in [1.165, 1.54) is 26.7 Å². The fourth-order valence-electron chi connectivity index (χ4n) is 1.72. The van der Waals surface area contributed by atoms with Crippen LogP contribution in [0, 0.1) is 0 Å². The zero-order valence-electron chi connectivity index (χ0n) is 11.4. The van der Waals surface area contributed by atoms with Crippen LogP contribution in [0.2, 0.25) is 0 Å². The molecule has 9 heteroatoms. The van der Waals surface area contributed by atoms with Crippen molar-refractivity contribution >= 4 is 16.3 Å². The molecule has 2 aromatic rings. The lowest BCUT2D eigenvalue weighted by molar-refractivity contribution is 0.390. The minimum atomic E-state index is -4.54. The van der Waals surface area contributed by atoms with Gasteiger partial charge in [-0.3, -0.25) is 4.55 Å². The molecule has 1 heterocycles. The van der Waals surface area contributed by atoms with E-state index in [4.69, 9.17) is 13.9 Å². The normalized spacial score (nSPS) is 11.2. The van der Waals surface area contributed by atoms with Crippen LogP contribution in [0.4, 0.5) is 6.01 Å². The van der Waals surface area contributed by atoms with Crippen molar-refractivity contribution in [3.05, 3.63) is 36.2 Å². The lowest BCUT2D eigenvalue weighted by Crippen LogP contribution is -2.30. The second-order valence-electron chi connectivity index (χ2n) is 3.98. The maximum Gasteiger partial charge on any atom is 0.363 e. The molecule has 1 aromatic heterocycles. The number of hydrogen-bond donors (Lipinski definition) is 1. The number of nitrogens with zero attached hydrogens (tertiary/aromatic N) is 2. The molecule has 21 heavy (non-hydrogen) atoms. The molecule has 0 fully saturated rings. The average molecular weight is 314 g/mol. The van der Waals surface area contributed by atoms with E-state index in [1.807, 2.05) is 0 Å². The molecule has 0 amide bonds. The van der Waals surface area contributed by atoms with Crippen molar-refractivity contribution in [3.63, 3.8) is 0 Å². The van der Waals surface area contributed by atoms with E-state index in [0.29, 0.717) is 21.4 Å². The van der Waals surface area contributed by atoms with E-state index in [9.17, 15) is 13.0 Å². The van der Waals surface area contributed by atoms with Crippen molar-refractivity contribution in [2.24, 2.45) is 0 Å². The van der Waals surface area contributed by atoms with Gasteiger partial charge in [-0.2, -0.15) is 12.7 Å². The number of hydrogen-bond acceptors (Lipinski definition) is 6. The highest BCUT2D eigenvalue weighted by Gasteiger charge is 2.25. The van der Waals surface area contributed by atoms with Crippen LogP contribution in [0.15, 0.2) is 35.1 Å². The summed E-state index contributed by atoms with van der Waals surface area (Å²) >= 11 is 0. The molecule has 0 atom stereocenters. The highest BCUT2D eigenvalue weighted by atomic mass is 32.2. The van der Waals surface area contributed by atoms with Crippen molar-refractivity contribution in [1.82, 2.24) is 4.98 Å². The van der Waals surface area contributed by atoms with Crippen LogP contribution in [0.1, 0.15) is 5.56 Å². The van der Waals surface area contributed by atoms with Gasteiger partial charge in [0.25, 0.3) is 0 Å². The van der Waals surface area contributed by atoms with Crippen LogP contribution in [-0.2, 0) is 16.8 Å². The Balaban J connectivity index is 2.38. The van der Waals surface area contributed by atoms with Gasteiger partial charge in [0.05, 0.1) is 27.0 Å². The Morgan fingerprint density at radius 2 is 2.10 bits per heavy atom. The van der Waals surface area contributed by atoms with E-state index in [1.54, 1.807) is 18.2 Å². The molecule has 0 aliphatic carbocycles. The van der Waals surface area contributed by atoms with Crippen LogP contribution in [0.25, 0.3) is 0 Å². The van der Waals surface area contributed by atoms with Gasteiger partial charge in [-0.25, -0.2) is 4.98 Å². The van der Waals surface area contributed by atoms with Gasteiger partial charge in [-0.1, -0.05) is 0 Å². The number of rotatable bonds is 6. The van der Waals surface area contributed by atoms with Gasteiger partial charge < -0.3 is 13.9 Å². The van der Waals surface area contributed by atoms with E-state index in [0.717, 1.165) is 0 Å². The number of benzene rings is 1. The molecule has 2 rings (SSSR count). The maximum absolute atomic E-state index is 11.5. The standard InChI is InChI=1S/C12H14N2O6S/c1-18-10-4-3-9(11(7-10)19-2)8-14(21(15,16)17)12-13-5-6-20-12/h3-7H,8H2,1-2H3,(H,15,16,17). The van der Waals surface area contributed by atoms with Crippen LogP contribution >= 0.6 is 0 Å². The number of oxazole rings is 1. The quantitative estimate of drug-likeness (QED) is 0.806. The monoisotopic (exact) mass is 314 g/mol. The van der Waals surface area contributed by atoms with Crippen LogP contribution < -0.4 is 13.8 Å². The molecule has 0 spiro atoms. The smallest absolute Gasteiger partial charge is 0.363 e. The second kappa shape index (κ2) is 6.02. The summed E-state index contributed by atoms with van der Waals surface area (Å²) in [6.45, 7) is -0.202. The zero-order valence-corrected chi connectivity index (χ0v) is 12.2. The number of ether oxygens (including phenoxy) is 2. The van der Waals surface area contributed by atoms with Gasteiger partial charge in [0, 0.05) is 11.6 Å². The Morgan fingerprint density at radius 1 is 1.33 bits per heavy atom. The maximum atomic E-state index is 11.5. The van der Waals surface area contributed by atoms with Crippen LogP contribution in [-0.4, -0.2) is 32.2 Å². The summed E-state index contributed by atoms with van der Waals surface area (Å²) in [6.07, 6.45) is 2.48. The summed E-state index contributed by atoms with van der Waals surface area (Å²) in [4.78, 5) is 3.72. The molecule has 0 unspecified atom stereocenters. The van der Waals surface area contributed by atoms with Gasteiger partial charge in [-0.15, -0.1) is 0 Å². The van der Waals surface area contributed by atoms with E-state index < -0.39 is 10.3 Å². The molecule has 0 radical (unpaired) electrons. The summed E-state index contributed by atoms with van der Waals surface area (Å²) in [5.74, 6) is 0.972. The largest absolute Gasteiger partial charge is 0.497 e. The van der Waals surface area contributed by atoms with Crippen molar-refractivity contribution in [2.45, 2.75) is 6.54 Å². The summed E-state index contributed by atoms with van der Waals surface area (Å²) in [5.41, 5.74) is 0.508. The average Bonchev–Trinajstić information content (AvgIpc) is 2.97. The lowest BCUT2D eigenvalue weighted by atomic mass is 10.2. The zero-order chi connectivity index (χ0) is 15.5. The fourth-order valence-corrected chi connectivity index (χ4v) is 2.31. The van der Waals surface area contributed by atoms with E-state index in [2.05, 4.69) is 4.98 Å².